The van der Waals surface area contributed by atoms with Crippen molar-refractivity contribution < 1.29 is 19.4 Å². The van der Waals surface area contributed by atoms with E-state index in [9.17, 15) is 9.90 Å². The fraction of sp³-hybridized carbons (Fsp3) is 0.533. The molecule has 0 aliphatic carbocycles. The third kappa shape index (κ3) is 3.15. The number of epoxide rings is 1. The van der Waals surface area contributed by atoms with Crippen molar-refractivity contribution >= 4 is 23.2 Å². The first-order chi connectivity index (χ1) is 9.83. The van der Waals surface area contributed by atoms with Gasteiger partial charge in [0, 0.05) is 11.4 Å². The summed E-state index contributed by atoms with van der Waals surface area (Å²) in [6.07, 6.45) is 0.511. The molecule has 1 N–H and O–H groups in total. The Morgan fingerprint density at radius 3 is 2.81 bits per heavy atom. The van der Waals surface area contributed by atoms with Crippen molar-refractivity contribution in [1.82, 2.24) is 4.90 Å². The second-order valence-corrected chi connectivity index (χ2v) is 7.41. The van der Waals surface area contributed by atoms with Gasteiger partial charge in [-0.05, 0) is 38.8 Å². The van der Waals surface area contributed by atoms with Crippen LogP contribution in [0.4, 0.5) is 4.79 Å². The lowest BCUT2D eigenvalue weighted by molar-refractivity contribution is 0.0225. The molecule has 21 heavy (non-hydrogen) atoms. The Kier molecular flexibility index (Phi) is 3.36. The van der Waals surface area contributed by atoms with E-state index in [0.29, 0.717) is 25.5 Å². The van der Waals surface area contributed by atoms with E-state index in [4.69, 9.17) is 9.47 Å². The largest absolute Gasteiger partial charge is 0.503 e. The molecule has 0 radical (unpaired) electrons. The highest BCUT2D eigenvalue weighted by Crippen LogP contribution is 2.35. The topological polar surface area (TPSA) is 62.3 Å². The smallest absolute Gasteiger partial charge is 0.410 e. The summed E-state index contributed by atoms with van der Waals surface area (Å²) in [4.78, 5) is 15.9. The number of carbonyl (C=O) groups excluding carboxylic acids is 1. The number of rotatable bonds is 1. The van der Waals surface area contributed by atoms with Gasteiger partial charge in [0.15, 0.2) is 11.5 Å². The molecule has 3 heterocycles. The quantitative estimate of drug-likeness (QED) is 0.638. The first-order valence-corrected chi connectivity index (χ1v) is 7.80. The van der Waals surface area contributed by atoms with E-state index < -0.39 is 5.60 Å². The third-order valence-electron chi connectivity index (χ3n) is 3.30. The van der Waals surface area contributed by atoms with Gasteiger partial charge in [-0.15, -0.1) is 11.3 Å². The molecule has 1 aromatic rings. The van der Waals surface area contributed by atoms with Crippen LogP contribution in [0.1, 0.15) is 36.1 Å². The Morgan fingerprint density at radius 1 is 1.48 bits per heavy atom. The van der Waals surface area contributed by atoms with Gasteiger partial charge in [-0.2, -0.15) is 0 Å². The molecule has 2 aliphatic rings. The minimum Gasteiger partial charge on any atom is -0.503 e. The van der Waals surface area contributed by atoms with E-state index in [1.54, 1.807) is 16.2 Å². The fourth-order valence-corrected chi connectivity index (χ4v) is 3.37. The van der Waals surface area contributed by atoms with Crippen molar-refractivity contribution in [1.29, 1.82) is 0 Å². The molecule has 0 aromatic carbocycles. The van der Waals surface area contributed by atoms with E-state index in [1.165, 1.54) is 4.88 Å². The molecule has 5 nitrogen and oxygen atoms in total. The minimum absolute atomic E-state index is 0.234. The van der Waals surface area contributed by atoms with Crippen LogP contribution in [-0.2, 0) is 22.4 Å². The first kappa shape index (κ1) is 14.3. The summed E-state index contributed by atoms with van der Waals surface area (Å²) in [5.74, 6) is 0.885. The molecule has 1 saturated heterocycles. The number of thiophene rings is 1. The molecular formula is C15H19NO4S. The molecule has 2 aliphatic heterocycles. The predicted molar refractivity (Wildman–Crippen MR) is 80.2 cm³/mol. The van der Waals surface area contributed by atoms with Crippen molar-refractivity contribution in [2.24, 2.45) is 0 Å². The molecule has 0 bridgehead atoms. The molecule has 0 unspecified atom stereocenters. The maximum absolute atomic E-state index is 12.1. The zero-order valence-electron chi connectivity index (χ0n) is 12.4. The third-order valence-corrected chi connectivity index (χ3v) is 4.55. The minimum atomic E-state index is -0.483. The molecule has 1 fully saturated rings. The highest BCUT2D eigenvalue weighted by Gasteiger charge is 2.29. The van der Waals surface area contributed by atoms with Gasteiger partial charge in [0.1, 0.15) is 12.2 Å². The van der Waals surface area contributed by atoms with Crippen molar-refractivity contribution in [3.63, 3.8) is 0 Å². The summed E-state index contributed by atoms with van der Waals surface area (Å²) in [5, 5.41) is 10.00. The average Bonchev–Trinajstić information content (AvgIpc) is 3.14. The maximum atomic E-state index is 12.1. The lowest BCUT2D eigenvalue weighted by atomic mass is 10.1. The van der Waals surface area contributed by atoms with E-state index in [2.05, 4.69) is 0 Å². The van der Waals surface area contributed by atoms with Crippen LogP contribution < -0.4 is 0 Å². The number of aliphatic hydroxyl groups excluding tert-OH is 1. The van der Waals surface area contributed by atoms with Gasteiger partial charge < -0.3 is 19.5 Å². The average molecular weight is 309 g/mol. The molecule has 6 heteroatoms. The zero-order valence-corrected chi connectivity index (χ0v) is 13.2. The van der Waals surface area contributed by atoms with Crippen LogP contribution in [-0.4, -0.2) is 34.9 Å². The molecule has 114 valence electrons. The summed E-state index contributed by atoms with van der Waals surface area (Å²) in [7, 11) is 0. The van der Waals surface area contributed by atoms with Gasteiger partial charge in [0.05, 0.1) is 11.4 Å². The summed E-state index contributed by atoms with van der Waals surface area (Å²) in [6.45, 7) is 7.28. The van der Waals surface area contributed by atoms with Gasteiger partial charge in [0.2, 0.25) is 0 Å². The lowest BCUT2D eigenvalue weighted by Crippen LogP contribution is -2.39. The summed E-state index contributed by atoms with van der Waals surface area (Å²) in [6, 6.07) is 1.94. The van der Waals surface area contributed by atoms with Crippen LogP contribution in [0, 0.1) is 0 Å². The second kappa shape index (κ2) is 4.94. The predicted octanol–water partition coefficient (Wildman–Crippen LogP) is 3.30. The van der Waals surface area contributed by atoms with Crippen molar-refractivity contribution in [2.45, 2.75) is 39.3 Å². The molecule has 0 saturated carbocycles. The summed E-state index contributed by atoms with van der Waals surface area (Å²) >= 11 is 1.57. The summed E-state index contributed by atoms with van der Waals surface area (Å²) < 4.78 is 10.4. The number of amides is 1. The normalized spacial score (nSPS) is 19.7. The Hall–Kier alpha value is -1.69. The first-order valence-electron chi connectivity index (χ1n) is 6.98. The van der Waals surface area contributed by atoms with Crippen molar-refractivity contribution in [2.75, 3.05) is 13.2 Å². The number of aliphatic hydroxyl groups is 1. The van der Waals surface area contributed by atoms with E-state index >= 15 is 0 Å². The number of fused-ring (bicyclic) bond motifs is 1. The SMILES string of the molecule is CC(C)(C)OC(=O)N1CCc2sc(/C(O)=C3/CO3)cc2C1. The van der Waals surface area contributed by atoms with E-state index in [-0.39, 0.29) is 11.9 Å². The van der Waals surface area contributed by atoms with Crippen LogP contribution in [0.25, 0.3) is 5.76 Å². The Morgan fingerprint density at radius 2 is 2.19 bits per heavy atom. The fourth-order valence-electron chi connectivity index (χ4n) is 2.24. The van der Waals surface area contributed by atoms with Gasteiger partial charge in [-0.1, -0.05) is 0 Å². The van der Waals surface area contributed by atoms with Gasteiger partial charge in [0.25, 0.3) is 0 Å². The number of hydrogen-bond donors (Lipinski definition) is 1. The second-order valence-electron chi connectivity index (χ2n) is 6.27. The van der Waals surface area contributed by atoms with E-state index in [0.717, 1.165) is 16.9 Å². The highest BCUT2D eigenvalue weighted by molar-refractivity contribution is 7.13. The van der Waals surface area contributed by atoms with Crippen molar-refractivity contribution in [3.05, 3.63) is 27.1 Å². The van der Waals surface area contributed by atoms with Crippen LogP contribution in [0.5, 0.6) is 0 Å². The van der Waals surface area contributed by atoms with Gasteiger partial charge >= 0.3 is 6.09 Å². The number of ether oxygens (including phenoxy) is 2. The number of hydrogen-bond acceptors (Lipinski definition) is 5. The number of nitrogens with zero attached hydrogens (tertiary/aromatic N) is 1. The van der Waals surface area contributed by atoms with E-state index in [1.807, 2.05) is 26.8 Å². The van der Waals surface area contributed by atoms with Crippen LogP contribution in [0.15, 0.2) is 11.8 Å². The monoisotopic (exact) mass is 309 g/mol. The molecule has 3 rings (SSSR count). The zero-order chi connectivity index (χ0) is 15.2. The van der Waals surface area contributed by atoms with Crippen LogP contribution in [0.2, 0.25) is 0 Å². The van der Waals surface area contributed by atoms with Crippen molar-refractivity contribution in [3.8, 4) is 0 Å². The lowest BCUT2D eigenvalue weighted by Gasteiger charge is -2.29. The van der Waals surface area contributed by atoms with Gasteiger partial charge in [-0.25, -0.2) is 4.79 Å². The van der Waals surface area contributed by atoms with Crippen LogP contribution in [0.3, 0.4) is 0 Å². The van der Waals surface area contributed by atoms with Gasteiger partial charge in [-0.3, -0.25) is 0 Å². The molecule has 1 amide bonds. The summed E-state index contributed by atoms with van der Waals surface area (Å²) in [5.41, 5.74) is 0.600. The van der Waals surface area contributed by atoms with Crippen LogP contribution >= 0.6 is 11.3 Å². The Balaban J connectivity index is 1.74. The standard InChI is InChI=1S/C15H19NO4S/c1-15(2,3)20-14(18)16-5-4-11-9(7-16)6-12(21-11)13(17)10-8-19-10/h6,17H,4-5,7-8H2,1-3H3/b13-10+. The number of carbonyl (C=O) groups is 1. The Labute approximate surface area is 127 Å². The highest BCUT2D eigenvalue weighted by atomic mass is 32.1. The molecule has 0 spiro atoms. The Bertz CT molecular complexity index is 606. The molecular weight excluding hydrogens is 290 g/mol. The molecule has 0 atom stereocenters. The molecule has 1 aromatic heterocycles. The maximum Gasteiger partial charge on any atom is 0.410 e.